The van der Waals surface area contributed by atoms with Crippen LogP contribution in [0.3, 0.4) is 0 Å². The van der Waals surface area contributed by atoms with E-state index in [4.69, 9.17) is 4.42 Å². The number of carbonyl (C=O) groups is 1. The molecule has 1 aromatic carbocycles. The van der Waals surface area contributed by atoms with Crippen molar-refractivity contribution in [2.75, 3.05) is 5.75 Å². The molecule has 2 heterocycles. The number of nitrogens with zero attached hydrogens (tertiary/aromatic N) is 1. The van der Waals surface area contributed by atoms with Gasteiger partial charge in [0.25, 0.3) is 0 Å². The highest BCUT2D eigenvalue weighted by molar-refractivity contribution is 7.99. The SMILES string of the molecule is Cc1ccsc1-c1nc(CSCC(=O)N[C@H](C)c2ccccc2)c(C)o1. The summed E-state index contributed by atoms with van der Waals surface area (Å²) in [6, 6.07) is 12.0. The minimum atomic E-state index is 0.00601. The molecule has 0 saturated heterocycles. The van der Waals surface area contributed by atoms with Gasteiger partial charge in [0.2, 0.25) is 11.8 Å². The molecule has 0 spiro atoms. The molecule has 3 aromatic rings. The van der Waals surface area contributed by atoms with Gasteiger partial charge in [-0.1, -0.05) is 30.3 Å². The predicted molar refractivity (Wildman–Crippen MR) is 108 cm³/mol. The van der Waals surface area contributed by atoms with E-state index in [1.54, 1.807) is 23.1 Å². The third-order valence-electron chi connectivity index (χ3n) is 4.10. The minimum absolute atomic E-state index is 0.00601. The summed E-state index contributed by atoms with van der Waals surface area (Å²) < 4.78 is 5.81. The summed E-state index contributed by atoms with van der Waals surface area (Å²) in [5, 5.41) is 5.07. The molecule has 0 saturated carbocycles. The number of benzene rings is 1. The maximum atomic E-state index is 12.2. The maximum Gasteiger partial charge on any atom is 0.237 e. The Bertz CT molecular complexity index is 871. The molecule has 2 aromatic heterocycles. The summed E-state index contributed by atoms with van der Waals surface area (Å²) in [6.45, 7) is 5.97. The largest absolute Gasteiger partial charge is 0.440 e. The Kier molecular flexibility index (Phi) is 6.16. The van der Waals surface area contributed by atoms with Crippen LogP contribution < -0.4 is 5.32 Å². The Hall–Kier alpha value is -2.05. The van der Waals surface area contributed by atoms with Gasteiger partial charge < -0.3 is 9.73 Å². The van der Waals surface area contributed by atoms with Crippen LogP contribution in [0.1, 0.15) is 35.5 Å². The molecule has 0 radical (unpaired) electrons. The Morgan fingerprint density at radius 1 is 1.27 bits per heavy atom. The van der Waals surface area contributed by atoms with Crippen molar-refractivity contribution in [1.29, 1.82) is 0 Å². The second-order valence-electron chi connectivity index (χ2n) is 6.15. The lowest BCUT2D eigenvalue weighted by Crippen LogP contribution is -2.28. The van der Waals surface area contributed by atoms with E-state index in [1.807, 2.05) is 49.6 Å². The molecule has 0 aliphatic carbocycles. The summed E-state index contributed by atoms with van der Waals surface area (Å²) in [5.41, 5.74) is 3.18. The molecule has 0 unspecified atom stereocenters. The van der Waals surface area contributed by atoms with E-state index < -0.39 is 0 Å². The van der Waals surface area contributed by atoms with Gasteiger partial charge in [-0.05, 0) is 43.3 Å². The topological polar surface area (TPSA) is 55.1 Å². The van der Waals surface area contributed by atoms with Crippen molar-refractivity contribution in [2.45, 2.75) is 32.6 Å². The fraction of sp³-hybridized carbons (Fsp3) is 0.300. The number of hydrogen-bond acceptors (Lipinski definition) is 5. The number of aryl methyl sites for hydroxylation is 2. The fourth-order valence-electron chi connectivity index (χ4n) is 2.60. The molecule has 0 aliphatic heterocycles. The molecule has 6 heteroatoms. The third kappa shape index (κ3) is 4.56. The zero-order chi connectivity index (χ0) is 18.5. The van der Waals surface area contributed by atoms with Crippen LogP contribution in [-0.4, -0.2) is 16.6 Å². The Balaban J connectivity index is 1.51. The number of amides is 1. The molecule has 0 fully saturated rings. The van der Waals surface area contributed by atoms with Crippen molar-refractivity contribution in [3.05, 3.63) is 64.4 Å². The zero-order valence-corrected chi connectivity index (χ0v) is 16.7. The van der Waals surface area contributed by atoms with Crippen LogP contribution in [-0.2, 0) is 10.5 Å². The highest BCUT2D eigenvalue weighted by atomic mass is 32.2. The first kappa shape index (κ1) is 18.7. The second kappa shape index (κ2) is 8.56. The zero-order valence-electron chi connectivity index (χ0n) is 15.1. The highest BCUT2D eigenvalue weighted by Crippen LogP contribution is 2.30. The Labute approximate surface area is 162 Å². The first-order valence-electron chi connectivity index (χ1n) is 8.47. The molecule has 1 atom stereocenters. The van der Waals surface area contributed by atoms with Gasteiger partial charge >= 0.3 is 0 Å². The van der Waals surface area contributed by atoms with Crippen molar-refractivity contribution >= 4 is 29.0 Å². The summed E-state index contributed by atoms with van der Waals surface area (Å²) in [4.78, 5) is 17.8. The standard InChI is InChI=1S/C20H22N2O2S2/c1-13-9-10-26-19(13)20-22-17(15(3)24-20)11-25-12-18(23)21-14(2)16-7-5-4-6-8-16/h4-10,14H,11-12H2,1-3H3,(H,21,23)/t14-/m1/s1. The van der Waals surface area contributed by atoms with Gasteiger partial charge in [-0.15, -0.1) is 23.1 Å². The number of hydrogen-bond donors (Lipinski definition) is 1. The normalized spacial score (nSPS) is 12.1. The van der Waals surface area contributed by atoms with Gasteiger partial charge in [-0.3, -0.25) is 4.79 Å². The first-order valence-corrected chi connectivity index (χ1v) is 10.5. The minimum Gasteiger partial charge on any atom is -0.440 e. The molecular formula is C20H22N2O2S2. The van der Waals surface area contributed by atoms with E-state index >= 15 is 0 Å². The summed E-state index contributed by atoms with van der Waals surface area (Å²) >= 11 is 3.18. The number of rotatable bonds is 7. The summed E-state index contributed by atoms with van der Waals surface area (Å²) in [5.74, 6) is 2.58. The fourth-order valence-corrected chi connectivity index (χ4v) is 4.28. The van der Waals surface area contributed by atoms with Gasteiger partial charge in [0.15, 0.2) is 0 Å². The number of aromatic nitrogens is 1. The van der Waals surface area contributed by atoms with E-state index in [2.05, 4.69) is 23.3 Å². The first-order chi connectivity index (χ1) is 12.5. The van der Waals surface area contributed by atoms with Crippen molar-refractivity contribution in [3.8, 4) is 10.8 Å². The molecule has 136 valence electrons. The highest BCUT2D eigenvalue weighted by Gasteiger charge is 2.15. The average molecular weight is 387 g/mol. The van der Waals surface area contributed by atoms with Crippen molar-refractivity contribution in [3.63, 3.8) is 0 Å². The number of oxazole rings is 1. The Morgan fingerprint density at radius 3 is 2.73 bits per heavy atom. The maximum absolute atomic E-state index is 12.2. The van der Waals surface area contributed by atoms with Crippen LogP contribution in [0.15, 0.2) is 46.2 Å². The third-order valence-corrected chi connectivity index (χ3v) is 6.05. The number of nitrogens with one attached hydrogen (secondary N) is 1. The van der Waals surface area contributed by atoms with Gasteiger partial charge in [0.1, 0.15) is 5.76 Å². The lowest BCUT2D eigenvalue weighted by molar-refractivity contribution is -0.119. The van der Waals surface area contributed by atoms with Crippen LogP contribution in [0, 0.1) is 13.8 Å². The quantitative estimate of drug-likeness (QED) is 0.611. The van der Waals surface area contributed by atoms with Gasteiger partial charge in [-0.25, -0.2) is 4.98 Å². The summed E-state index contributed by atoms with van der Waals surface area (Å²) in [7, 11) is 0. The average Bonchev–Trinajstić information content (AvgIpc) is 3.21. The van der Waals surface area contributed by atoms with E-state index in [0.717, 1.165) is 21.9 Å². The molecule has 3 rings (SSSR count). The van der Waals surface area contributed by atoms with Crippen LogP contribution >= 0.6 is 23.1 Å². The monoisotopic (exact) mass is 386 g/mol. The van der Waals surface area contributed by atoms with Crippen LogP contribution in [0.2, 0.25) is 0 Å². The van der Waals surface area contributed by atoms with Crippen LogP contribution in [0.5, 0.6) is 0 Å². The molecule has 1 N–H and O–H groups in total. The predicted octanol–water partition coefficient (Wildman–Crippen LogP) is 5.13. The lowest BCUT2D eigenvalue weighted by Gasteiger charge is -2.13. The number of carbonyl (C=O) groups excluding carboxylic acids is 1. The van der Waals surface area contributed by atoms with Gasteiger partial charge in [0.05, 0.1) is 22.4 Å². The van der Waals surface area contributed by atoms with Gasteiger partial charge in [-0.2, -0.15) is 0 Å². The number of thiophene rings is 1. The molecule has 1 amide bonds. The Morgan fingerprint density at radius 2 is 2.04 bits per heavy atom. The second-order valence-corrected chi connectivity index (χ2v) is 8.05. The molecule has 0 bridgehead atoms. The van der Waals surface area contributed by atoms with Crippen LogP contribution in [0.25, 0.3) is 10.8 Å². The van der Waals surface area contributed by atoms with E-state index in [9.17, 15) is 4.79 Å². The lowest BCUT2D eigenvalue weighted by atomic mass is 10.1. The van der Waals surface area contributed by atoms with Crippen molar-refractivity contribution in [2.24, 2.45) is 0 Å². The molecule has 26 heavy (non-hydrogen) atoms. The summed E-state index contributed by atoms with van der Waals surface area (Å²) in [6.07, 6.45) is 0. The number of thioether (sulfide) groups is 1. The molecule has 4 nitrogen and oxygen atoms in total. The van der Waals surface area contributed by atoms with E-state index in [1.165, 1.54) is 5.56 Å². The van der Waals surface area contributed by atoms with Crippen molar-refractivity contribution in [1.82, 2.24) is 10.3 Å². The van der Waals surface area contributed by atoms with E-state index in [0.29, 0.717) is 17.4 Å². The molecular weight excluding hydrogens is 364 g/mol. The van der Waals surface area contributed by atoms with Crippen molar-refractivity contribution < 1.29 is 9.21 Å². The van der Waals surface area contributed by atoms with E-state index in [-0.39, 0.29) is 11.9 Å². The van der Waals surface area contributed by atoms with Crippen LogP contribution in [0.4, 0.5) is 0 Å². The van der Waals surface area contributed by atoms with Gasteiger partial charge in [0, 0.05) is 5.75 Å². The molecule has 0 aliphatic rings. The smallest absolute Gasteiger partial charge is 0.237 e.